The Labute approximate surface area is 187 Å². The van der Waals surface area contributed by atoms with Crippen LogP contribution in [0, 0.1) is 6.57 Å². The third-order valence-corrected chi connectivity index (χ3v) is 7.54. The lowest BCUT2D eigenvalue weighted by Crippen LogP contribution is -2.55. The summed E-state index contributed by atoms with van der Waals surface area (Å²) in [6.45, 7) is 10.2. The third-order valence-electron chi connectivity index (χ3n) is 5.51. The third kappa shape index (κ3) is 4.48. The number of carbonyl (C=O) groups is 1. The zero-order valence-corrected chi connectivity index (χ0v) is 18.4. The van der Waals surface area contributed by atoms with Crippen LogP contribution in [-0.2, 0) is 14.8 Å². The van der Waals surface area contributed by atoms with E-state index >= 15 is 0 Å². The SMILES string of the molecule is [C-]#[N+]c1ccc(S(=O)(=O)N2CCN(CC(=O)Nc3cccc4ncccc34)CC2C)cc1. The first-order chi connectivity index (χ1) is 15.4. The molecule has 32 heavy (non-hydrogen) atoms. The smallest absolute Gasteiger partial charge is 0.243 e. The van der Waals surface area contributed by atoms with Gasteiger partial charge in [0, 0.05) is 37.3 Å². The number of benzene rings is 2. The molecule has 0 bridgehead atoms. The first-order valence-electron chi connectivity index (χ1n) is 10.2. The molecular weight excluding hydrogens is 426 g/mol. The number of fused-ring (bicyclic) bond motifs is 1. The molecule has 1 aliphatic rings. The summed E-state index contributed by atoms with van der Waals surface area (Å²) in [6, 6.07) is 15.0. The predicted octanol–water partition coefficient (Wildman–Crippen LogP) is 3.12. The predicted molar refractivity (Wildman–Crippen MR) is 123 cm³/mol. The highest BCUT2D eigenvalue weighted by molar-refractivity contribution is 7.89. The van der Waals surface area contributed by atoms with Gasteiger partial charge in [0.05, 0.1) is 29.2 Å². The van der Waals surface area contributed by atoms with E-state index in [1.54, 1.807) is 6.20 Å². The molecule has 3 aromatic rings. The molecule has 1 aromatic heterocycles. The maximum atomic E-state index is 13.0. The highest BCUT2D eigenvalue weighted by Crippen LogP contribution is 2.24. The van der Waals surface area contributed by atoms with Gasteiger partial charge in [0.2, 0.25) is 15.9 Å². The number of rotatable bonds is 5. The van der Waals surface area contributed by atoms with E-state index in [0.717, 1.165) is 10.9 Å². The molecular formula is C23H23N5O3S. The Hall–Kier alpha value is -3.32. The van der Waals surface area contributed by atoms with Crippen molar-refractivity contribution in [3.05, 3.63) is 72.2 Å². The van der Waals surface area contributed by atoms with Gasteiger partial charge in [0.25, 0.3) is 0 Å². The minimum Gasteiger partial charge on any atom is -0.324 e. The van der Waals surface area contributed by atoms with E-state index in [2.05, 4.69) is 15.1 Å². The number of anilines is 1. The number of amides is 1. The molecule has 1 fully saturated rings. The molecule has 0 spiro atoms. The number of sulfonamides is 1. The van der Waals surface area contributed by atoms with E-state index in [1.807, 2.05) is 42.2 Å². The van der Waals surface area contributed by atoms with Crippen LogP contribution in [0.15, 0.2) is 65.7 Å². The average molecular weight is 450 g/mol. The Balaban J connectivity index is 1.40. The Kier molecular flexibility index (Phi) is 6.19. The minimum absolute atomic E-state index is 0.153. The zero-order valence-electron chi connectivity index (χ0n) is 17.6. The summed E-state index contributed by atoms with van der Waals surface area (Å²) in [5.41, 5.74) is 1.91. The van der Waals surface area contributed by atoms with E-state index in [0.29, 0.717) is 31.0 Å². The molecule has 9 heteroatoms. The van der Waals surface area contributed by atoms with Crippen molar-refractivity contribution in [2.75, 3.05) is 31.5 Å². The topological polar surface area (TPSA) is 87.0 Å². The van der Waals surface area contributed by atoms with Crippen molar-refractivity contribution in [3.63, 3.8) is 0 Å². The molecule has 1 unspecified atom stereocenters. The van der Waals surface area contributed by atoms with Crippen LogP contribution < -0.4 is 5.32 Å². The van der Waals surface area contributed by atoms with Crippen LogP contribution in [0.2, 0.25) is 0 Å². The fraction of sp³-hybridized carbons (Fsp3) is 0.261. The maximum absolute atomic E-state index is 13.0. The van der Waals surface area contributed by atoms with Crippen LogP contribution in [0.1, 0.15) is 6.92 Å². The van der Waals surface area contributed by atoms with Crippen molar-refractivity contribution in [1.29, 1.82) is 0 Å². The number of aromatic nitrogens is 1. The van der Waals surface area contributed by atoms with Gasteiger partial charge in [0.15, 0.2) is 5.69 Å². The van der Waals surface area contributed by atoms with Crippen LogP contribution in [0.4, 0.5) is 11.4 Å². The molecule has 2 heterocycles. The van der Waals surface area contributed by atoms with Crippen molar-refractivity contribution >= 4 is 38.2 Å². The molecule has 1 amide bonds. The van der Waals surface area contributed by atoms with Crippen molar-refractivity contribution in [2.45, 2.75) is 17.9 Å². The number of piperazine rings is 1. The normalized spacial score (nSPS) is 17.7. The molecule has 8 nitrogen and oxygen atoms in total. The molecule has 4 rings (SSSR count). The number of pyridine rings is 1. The molecule has 164 valence electrons. The number of nitrogens with one attached hydrogen (secondary N) is 1. The average Bonchev–Trinajstić information content (AvgIpc) is 2.79. The fourth-order valence-electron chi connectivity index (χ4n) is 3.95. The number of hydrogen-bond acceptors (Lipinski definition) is 5. The lowest BCUT2D eigenvalue weighted by Gasteiger charge is -2.38. The molecule has 2 aromatic carbocycles. The largest absolute Gasteiger partial charge is 0.324 e. The summed E-state index contributed by atoms with van der Waals surface area (Å²) in [5.74, 6) is -0.153. The summed E-state index contributed by atoms with van der Waals surface area (Å²) in [7, 11) is -3.66. The number of hydrogen-bond donors (Lipinski definition) is 1. The van der Waals surface area contributed by atoms with E-state index < -0.39 is 10.0 Å². The van der Waals surface area contributed by atoms with Crippen molar-refractivity contribution in [1.82, 2.24) is 14.2 Å². The summed E-state index contributed by atoms with van der Waals surface area (Å²) >= 11 is 0. The van der Waals surface area contributed by atoms with Crippen LogP contribution in [0.3, 0.4) is 0 Å². The van der Waals surface area contributed by atoms with Gasteiger partial charge in [-0.2, -0.15) is 4.31 Å². The second-order valence-corrected chi connectivity index (χ2v) is 9.62. The van der Waals surface area contributed by atoms with Crippen LogP contribution in [0.25, 0.3) is 15.7 Å². The quantitative estimate of drug-likeness (QED) is 0.605. The Morgan fingerprint density at radius 3 is 2.66 bits per heavy atom. The van der Waals surface area contributed by atoms with E-state index in [9.17, 15) is 13.2 Å². The van der Waals surface area contributed by atoms with Gasteiger partial charge >= 0.3 is 0 Å². The van der Waals surface area contributed by atoms with Crippen molar-refractivity contribution < 1.29 is 13.2 Å². The number of carbonyl (C=O) groups excluding carboxylic acids is 1. The Morgan fingerprint density at radius 2 is 1.94 bits per heavy atom. The fourth-order valence-corrected chi connectivity index (χ4v) is 5.56. The Bertz CT molecular complexity index is 1280. The van der Waals surface area contributed by atoms with Crippen LogP contribution in [0.5, 0.6) is 0 Å². The molecule has 1 aliphatic heterocycles. The van der Waals surface area contributed by atoms with Crippen molar-refractivity contribution in [3.8, 4) is 0 Å². The first kappa shape index (κ1) is 21.9. The standard InChI is InChI=1S/C23H23N5O3S/c1-17-15-27(13-14-28(17)32(30,31)19-10-8-18(24-2)9-11-19)16-23(29)26-22-7-3-6-21-20(22)5-4-12-25-21/h3-12,17H,13-16H2,1H3,(H,26,29). The van der Waals surface area contributed by atoms with Gasteiger partial charge in [-0.25, -0.2) is 13.3 Å². The maximum Gasteiger partial charge on any atom is 0.243 e. The van der Waals surface area contributed by atoms with Crippen LogP contribution in [-0.4, -0.2) is 60.7 Å². The Morgan fingerprint density at radius 1 is 1.16 bits per heavy atom. The highest BCUT2D eigenvalue weighted by Gasteiger charge is 2.34. The van der Waals surface area contributed by atoms with Gasteiger partial charge in [-0.05, 0) is 31.2 Å². The molecule has 0 aliphatic carbocycles. The van der Waals surface area contributed by atoms with Gasteiger partial charge < -0.3 is 5.32 Å². The highest BCUT2D eigenvalue weighted by atomic mass is 32.2. The molecule has 0 saturated carbocycles. The summed E-state index contributed by atoms with van der Waals surface area (Å²) in [5, 5.41) is 3.82. The molecule has 1 saturated heterocycles. The lowest BCUT2D eigenvalue weighted by atomic mass is 10.2. The van der Waals surface area contributed by atoms with Gasteiger partial charge in [-0.3, -0.25) is 14.7 Å². The van der Waals surface area contributed by atoms with E-state index in [4.69, 9.17) is 6.57 Å². The first-order valence-corrected chi connectivity index (χ1v) is 11.7. The van der Waals surface area contributed by atoms with Crippen molar-refractivity contribution in [2.24, 2.45) is 0 Å². The van der Waals surface area contributed by atoms with E-state index in [-0.39, 0.29) is 23.4 Å². The molecule has 1 atom stereocenters. The number of nitrogens with zero attached hydrogens (tertiary/aromatic N) is 4. The monoisotopic (exact) mass is 449 g/mol. The van der Waals surface area contributed by atoms with Gasteiger partial charge in [-0.15, -0.1) is 0 Å². The summed E-state index contributed by atoms with van der Waals surface area (Å²) < 4.78 is 27.5. The second kappa shape index (κ2) is 9.04. The molecule has 1 N–H and O–H groups in total. The lowest BCUT2D eigenvalue weighted by molar-refractivity contribution is -0.117. The second-order valence-electron chi connectivity index (χ2n) is 7.73. The minimum atomic E-state index is -3.66. The van der Waals surface area contributed by atoms with Gasteiger partial charge in [-0.1, -0.05) is 30.3 Å². The van der Waals surface area contributed by atoms with Crippen LogP contribution >= 0.6 is 0 Å². The summed E-state index contributed by atoms with van der Waals surface area (Å²) in [4.78, 5) is 22.4. The zero-order chi connectivity index (χ0) is 22.7. The summed E-state index contributed by atoms with van der Waals surface area (Å²) in [6.07, 6.45) is 1.71. The van der Waals surface area contributed by atoms with E-state index in [1.165, 1.54) is 28.6 Å². The van der Waals surface area contributed by atoms with Gasteiger partial charge in [0.1, 0.15) is 0 Å². The molecule has 0 radical (unpaired) electrons.